The Morgan fingerprint density at radius 1 is 1.44 bits per heavy atom. The maximum absolute atomic E-state index is 13.6. The maximum atomic E-state index is 13.6. The zero-order valence-electron chi connectivity index (χ0n) is 10.5. The smallest absolute Gasteiger partial charge is 0.267 e. The average molecular weight is 250 g/mol. The summed E-state index contributed by atoms with van der Waals surface area (Å²) in [6.45, 7) is 3.73. The van der Waals surface area contributed by atoms with Crippen molar-refractivity contribution >= 4 is 16.8 Å². The molecule has 0 unspecified atom stereocenters. The quantitative estimate of drug-likeness (QED) is 0.879. The molecule has 2 aromatic rings. The largest absolute Gasteiger partial charge is 0.496 e. The van der Waals surface area contributed by atoms with Crippen molar-refractivity contribution in [2.75, 3.05) is 7.11 Å². The number of H-pyrrole nitrogens is 1. The number of nitrogens with one attached hydrogen (secondary N) is 2. The van der Waals surface area contributed by atoms with Crippen molar-refractivity contribution in [1.29, 1.82) is 0 Å². The first kappa shape index (κ1) is 12.4. The van der Waals surface area contributed by atoms with Gasteiger partial charge in [-0.3, -0.25) is 4.79 Å². The predicted molar refractivity (Wildman–Crippen MR) is 67.4 cm³/mol. The highest BCUT2D eigenvalue weighted by atomic mass is 19.1. The Bertz CT molecular complexity index is 590. The Labute approximate surface area is 104 Å². The molecule has 0 aliphatic rings. The summed E-state index contributed by atoms with van der Waals surface area (Å²) in [6, 6.07) is 4.46. The third-order valence-electron chi connectivity index (χ3n) is 2.59. The van der Waals surface area contributed by atoms with Crippen LogP contribution >= 0.6 is 0 Å². The number of fused-ring (bicyclic) bond motifs is 1. The van der Waals surface area contributed by atoms with Crippen molar-refractivity contribution in [3.05, 3.63) is 29.7 Å². The van der Waals surface area contributed by atoms with Crippen LogP contribution in [0.4, 0.5) is 4.39 Å². The molecule has 5 heteroatoms. The highest BCUT2D eigenvalue weighted by molar-refractivity contribution is 5.99. The summed E-state index contributed by atoms with van der Waals surface area (Å²) in [5, 5.41) is 3.30. The van der Waals surface area contributed by atoms with Crippen LogP contribution in [-0.2, 0) is 0 Å². The standard InChI is InChI=1S/C13H15FN2O2/c1-7(2)15-13(17)10-6-8-11(18-3)5-4-9(14)12(8)16-10/h4-7,16H,1-3H3,(H,15,17). The fourth-order valence-electron chi connectivity index (χ4n) is 1.80. The van der Waals surface area contributed by atoms with Gasteiger partial charge in [0.2, 0.25) is 0 Å². The maximum Gasteiger partial charge on any atom is 0.267 e. The van der Waals surface area contributed by atoms with Crippen LogP contribution in [0.2, 0.25) is 0 Å². The number of aromatic amines is 1. The molecular weight excluding hydrogens is 235 g/mol. The van der Waals surface area contributed by atoms with Crippen LogP contribution in [0.1, 0.15) is 24.3 Å². The van der Waals surface area contributed by atoms with Crippen molar-refractivity contribution < 1.29 is 13.9 Å². The second-order valence-corrected chi connectivity index (χ2v) is 4.35. The number of hydrogen-bond donors (Lipinski definition) is 2. The first-order valence-corrected chi connectivity index (χ1v) is 5.69. The van der Waals surface area contributed by atoms with Crippen LogP contribution in [0.25, 0.3) is 10.9 Å². The fourth-order valence-corrected chi connectivity index (χ4v) is 1.80. The number of aromatic nitrogens is 1. The highest BCUT2D eigenvalue weighted by Crippen LogP contribution is 2.28. The van der Waals surface area contributed by atoms with Crippen LogP contribution in [0.15, 0.2) is 18.2 Å². The first-order chi connectivity index (χ1) is 8.52. The van der Waals surface area contributed by atoms with E-state index in [4.69, 9.17) is 4.74 Å². The van der Waals surface area contributed by atoms with Crippen LogP contribution in [0.3, 0.4) is 0 Å². The molecule has 1 heterocycles. The van der Waals surface area contributed by atoms with Gasteiger partial charge in [-0.25, -0.2) is 4.39 Å². The zero-order valence-corrected chi connectivity index (χ0v) is 10.5. The predicted octanol–water partition coefficient (Wildman–Crippen LogP) is 2.45. The van der Waals surface area contributed by atoms with Crippen molar-refractivity contribution in [2.45, 2.75) is 19.9 Å². The molecule has 0 aliphatic carbocycles. The van der Waals surface area contributed by atoms with Crippen molar-refractivity contribution in [3.8, 4) is 5.75 Å². The fraction of sp³-hybridized carbons (Fsp3) is 0.308. The summed E-state index contributed by atoms with van der Waals surface area (Å²) >= 11 is 0. The van der Waals surface area contributed by atoms with Crippen molar-refractivity contribution in [2.24, 2.45) is 0 Å². The van der Waals surface area contributed by atoms with Gasteiger partial charge in [0.05, 0.1) is 12.6 Å². The van der Waals surface area contributed by atoms with Gasteiger partial charge in [-0.05, 0) is 32.0 Å². The second kappa shape index (κ2) is 4.68. The normalized spacial score (nSPS) is 10.9. The van der Waals surface area contributed by atoms with E-state index in [1.165, 1.54) is 19.2 Å². The molecule has 1 aromatic heterocycles. The molecule has 0 radical (unpaired) electrons. The lowest BCUT2D eigenvalue weighted by Gasteiger charge is -2.05. The Morgan fingerprint density at radius 2 is 2.17 bits per heavy atom. The van der Waals surface area contributed by atoms with E-state index >= 15 is 0 Å². The summed E-state index contributed by atoms with van der Waals surface area (Å²) in [4.78, 5) is 14.6. The minimum atomic E-state index is -0.408. The van der Waals surface area contributed by atoms with Gasteiger partial charge in [0.25, 0.3) is 5.91 Å². The first-order valence-electron chi connectivity index (χ1n) is 5.69. The van der Waals surface area contributed by atoms with E-state index in [-0.39, 0.29) is 17.5 Å². The Kier molecular flexibility index (Phi) is 3.23. The number of rotatable bonds is 3. The molecule has 0 atom stereocenters. The minimum Gasteiger partial charge on any atom is -0.496 e. The molecule has 0 aliphatic heterocycles. The summed E-state index contributed by atoms with van der Waals surface area (Å²) in [5.41, 5.74) is 0.602. The monoisotopic (exact) mass is 250 g/mol. The zero-order chi connectivity index (χ0) is 13.3. The molecular formula is C13H15FN2O2. The third kappa shape index (κ3) is 2.16. The molecule has 0 bridgehead atoms. The molecule has 96 valence electrons. The summed E-state index contributed by atoms with van der Waals surface area (Å²) in [6.07, 6.45) is 0. The van der Waals surface area contributed by atoms with Crippen LogP contribution < -0.4 is 10.1 Å². The van der Waals surface area contributed by atoms with Crippen molar-refractivity contribution in [3.63, 3.8) is 0 Å². The molecule has 18 heavy (non-hydrogen) atoms. The van der Waals surface area contributed by atoms with Gasteiger partial charge in [0.1, 0.15) is 17.3 Å². The summed E-state index contributed by atoms with van der Waals surface area (Å²) < 4.78 is 18.8. The molecule has 0 spiro atoms. The van der Waals surface area contributed by atoms with Gasteiger partial charge < -0.3 is 15.0 Å². The summed E-state index contributed by atoms with van der Waals surface area (Å²) in [7, 11) is 1.51. The molecule has 1 amide bonds. The van der Waals surface area contributed by atoms with Gasteiger partial charge in [-0.1, -0.05) is 0 Å². The van der Waals surface area contributed by atoms with E-state index in [1.54, 1.807) is 6.07 Å². The van der Waals surface area contributed by atoms with E-state index in [0.717, 1.165) is 0 Å². The van der Waals surface area contributed by atoms with Gasteiger partial charge in [0.15, 0.2) is 0 Å². The van der Waals surface area contributed by atoms with Gasteiger partial charge in [-0.15, -0.1) is 0 Å². The topological polar surface area (TPSA) is 54.1 Å². The van der Waals surface area contributed by atoms with Crippen LogP contribution in [-0.4, -0.2) is 24.0 Å². The third-order valence-corrected chi connectivity index (χ3v) is 2.59. The number of hydrogen-bond acceptors (Lipinski definition) is 2. The van der Waals surface area contributed by atoms with Gasteiger partial charge in [0, 0.05) is 11.4 Å². The van der Waals surface area contributed by atoms with E-state index in [2.05, 4.69) is 10.3 Å². The molecule has 2 rings (SSSR count). The van der Waals surface area contributed by atoms with Crippen molar-refractivity contribution in [1.82, 2.24) is 10.3 Å². The molecule has 1 aromatic carbocycles. The average Bonchev–Trinajstić information content (AvgIpc) is 2.74. The Hall–Kier alpha value is -2.04. The minimum absolute atomic E-state index is 0.0238. The number of carbonyl (C=O) groups is 1. The number of methoxy groups -OCH3 is 1. The molecule has 0 fully saturated rings. The van der Waals surface area contributed by atoms with E-state index < -0.39 is 5.82 Å². The van der Waals surface area contributed by atoms with Gasteiger partial charge >= 0.3 is 0 Å². The molecule has 4 nitrogen and oxygen atoms in total. The van der Waals surface area contributed by atoms with E-state index in [0.29, 0.717) is 16.8 Å². The van der Waals surface area contributed by atoms with E-state index in [9.17, 15) is 9.18 Å². The lowest BCUT2D eigenvalue weighted by Crippen LogP contribution is -2.30. The number of ether oxygens (including phenoxy) is 1. The van der Waals surface area contributed by atoms with Crippen LogP contribution in [0.5, 0.6) is 5.75 Å². The highest BCUT2D eigenvalue weighted by Gasteiger charge is 2.15. The molecule has 2 N–H and O–H groups in total. The number of benzene rings is 1. The lowest BCUT2D eigenvalue weighted by atomic mass is 10.2. The Balaban J connectivity index is 2.49. The van der Waals surface area contributed by atoms with Gasteiger partial charge in [-0.2, -0.15) is 0 Å². The number of halogens is 1. The number of carbonyl (C=O) groups excluding carboxylic acids is 1. The second-order valence-electron chi connectivity index (χ2n) is 4.35. The number of amides is 1. The Morgan fingerprint density at radius 3 is 2.78 bits per heavy atom. The van der Waals surface area contributed by atoms with Crippen LogP contribution in [0, 0.1) is 5.82 Å². The molecule has 0 saturated heterocycles. The SMILES string of the molecule is COc1ccc(F)c2[nH]c(C(=O)NC(C)C)cc12. The van der Waals surface area contributed by atoms with E-state index in [1.807, 2.05) is 13.8 Å². The summed E-state index contributed by atoms with van der Waals surface area (Å²) in [5.74, 6) is -0.136. The molecule has 0 saturated carbocycles. The lowest BCUT2D eigenvalue weighted by molar-refractivity contribution is 0.0939.